The molecule has 1 aromatic carbocycles. The Balaban J connectivity index is 1.58. The molecule has 2 heteroatoms. The molecule has 0 aromatic heterocycles. The minimum atomic E-state index is -1.53. The fourth-order valence-corrected chi connectivity index (χ4v) is 3.91. The Morgan fingerprint density at radius 3 is 2.80 bits per heavy atom. The summed E-state index contributed by atoms with van der Waals surface area (Å²) in [6.45, 7) is 2.29. The number of hydrogen-bond acceptors (Lipinski definition) is 1. The lowest BCUT2D eigenvalue weighted by Gasteiger charge is -2.28. The Morgan fingerprint density at radius 1 is 1.25 bits per heavy atom. The van der Waals surface area contributed by atoms with Gasteiger partial charge in [0.2, 0.25) is 0 Å². The zero-order valence-electron chi connectivity index (χ0n) is 11.9. The molecule has 0 amide bonds. The Kier molecular flexibility index (Phi) is 2.78. The third-order valence-corrected chi connectivity index (χ3v) is 5.40. The maximum Gasteiger partial charge on any atom is 0.267 e. The summed E-state index contributed by atoms with van der Waals surface area (Å²) in [5.41, 5.74) is 3.11. The van der Waals surface area contributed by atoms with Crippen LogP contribution in [0.1, 0.15) is 61.6 Å². The zero-order valence-corrected chi connectivity index (χ0v) is 11.9. The van der Waals surface area contributed by atoms with Crippen molar-refractivity contribution in [2.45, 2.75) is 56.9 Å². The summed E-state index contributed by atoms with van der Waals surface area (Å²) in [5, 5.41) is 0. The molecule has 2 atom stereocenters. The van der Waals surface area contributed by atoms with Crippen molar-refractivity contribution in [3.05, 3.63) is 41.0 Å². The van der Waals surface area contributed by atoms with Gasteiger partial charge < -0.3 is 4.74 Å². The monoisotopic (exact) mass is 272 g/mol. The second-order valence-corrected chi connectivity index (χ2v) is 6.52. The fourth-order valence-electron chi connectivity index (χ4n) is 3.91. The molecular formula is C18H21FO. The van der Waals surface area contributed by atoms with Crippen LogP contribution in [0, 0.1) is 5.92 Å². The normalized spacial score (nSPS) is 38.2. The highest BCUT2D eigenvalue weighted by Gasteiger charge is 2.60. The van der Waals surface area contributed by atoms with Crippen molar-refractivity contribution in [2.24, 2.45) is 5.92 Å². The molecule has 2 fully saturated rings. The lowest BCUT2D eigenvalue weighted by atomic mass is 9.77. The SMILES string of the molecule is CCC1CCC(c2ccc3c(c2)C=CC2OC32F)CC1. The molecule has 1 aromatic rings. The van der Waals surface area contributed by atoms with Gasteiger partial charge in [0.25, 0.3) is 5.85 Å². The maximum absolute atomic E-state index is 14.3. The summed E-state index contributed by atoms with van der Waals surface area (Å²) >= 11 is 0. The average molecular weight is 272 g/mol. The third kappa shape index (κ3) is 1.85. The first-order valence-electron chi connectivity index (χ1n) is 7.90. The number of alkyl halides is 1. The predicted molar refractivity (Wildman–Crippen MR) is 78.1 cm³/mol. The van der Waals surface area contributed by atoms with E-state index >= 15 is 0 Å². The van der Waals surface area contributed by atoms with E-state index in [1.807, 2.05) is 18.2 Å². The van der Waals surface area contributed by atoms with Crippen molar-refractivity contribution in [3.63, 3.8) is 0 Å². The first kappa shape index (κ1) is 12.6. The van der Waals surface area contributed by atoms with Crippen LogP contribution in [-0.2, 0) is 10.6 Å². The highest BCUT2D eigenvalue weighted by Crippen LogP contribution is 2.53. The van der Waals surface area contributed by atoms with Gasteiger partial charge in [0, 0.05) is 5.56 Å². The van der Waals surface area contributed by atoms with E-state index in [0.717, 1.165) is 17.0 Å². The molecule has 1 aliphatic heterocycles. The van der Waals surface area contributed by atoms with Gasteiger partial charge in [0.05, 0.1) is 0 Å². The molecule has 1 heterocycles. The van der Waals surface area contributed by atoms with Gasteiger partial charge in [-0.15, -0.1) is 0 Å². The smallest absolute Gasteiger partial charge is 0.267 e. The Morgan fingerprint density at radius 2 is 2.05 bits per heavy atom. The minimum absolute atomic E-state index is 0.346. The largest absolute Gasteiger partial charge is 0.326 e. The molecule has 1 saturated heterocycles. The quantitative estimate of drug-likeness (QED) is 0.696. The van der Waals surface area contributed by atoms with E-state index in [1.54, 1.807) is 0 Å². The van der Waals surface area contributed by atoms with E-state index in [2.05, 4.69) is 19.1 Å². The second kappa shape index (κ2) is 4.42. The highest BCUT2D eigenvalue weighted by atomic mass is 19.2. The number of epoxide rings is 1. The minimum Gasteiger partial charge on any atom is -0.326 e. The molecule has 2 aliphatic carbocycles. The molecule has 0 bridgehead atoms. The number of halogens is 1. The van der Waals surface area contributed by atoms with Crippen LogP contribution in [0.15, 0.2) is 24.3 Å². The molecular weight excluding hydrogens is 251 g/mol. The van der Waals surface area contributed by atoms with Gasteiger partial charge in [-0.1, -0.05) is 37.6 Å². The molecule has 0 spiro atoms. The zero-order chi connectivity index (χ0) is 13.7. The summed E-state index contributed by atoms with van der Waals surface area (Å²) in [6.07, 6.45) is 10.1. The van der Waals surface area contributed by atoms with Gasteiger partial charge in [-0.25, -0.2) is 4.39 Å². The lowest BCUT2D eigenvalue weighted by molar-refractivity contribution is 0.141. The fraction of sp³-hybridized carbons (Fsp3) is 0.556. The van der Waals surface area contributed by atoms with Crippen molar-refractivity contribution in [1.29, 1.82) is 0 Å². The summed E-state index contributed by atoms with van der Waals surface area (Å²) in [5.74, 6) is 0.0473. The van der Waals surface area contributed by atoms with Crippen LogP contribution in [0.25, 0.3) is 6.08 Å². The molecule has 106 valence electrons. The van der Waals surface area contributed by atoms with Gasteiger partial charge in [0.1, 0.15) is 6.10 Å². The molecule has 1 nitrogen and oxygen atoms in total. The number of rotatable bonds is 2. The second-order valence-electron chi connectivity index (χ2n) is 6.52. The highest BCUT2D eigenvalue weighted by molar-refractivity contribution is 5.62. The lowest BCUT2D eigenvalue weighted by Crippen LogP contribution is -2.14. The predicted octanol–water partition coefficient (Wildman–Crippen LogP) is 4.92. The number of ether oxygens (including phenoxy) is 1. The van der Waals surface area contributed by atoms with Crippen molar-refractivity contribution in [1.82, 2.24) is 0 Å². The molecule has 0 radical (unpaired) electrons. The van der Waals surface area contributed by atoms with E-state index in [9.17, 15) is 4.39 Å². The van der Waals surface area contributed by atoms with E-state index < -0.39 is 5.85 Å². The van der Waals surface area contributed by atoms with Gasteiger partial charge in [0.15, 0.2) is 0 Å². The third-order valence-electron chi connectivity index (χ3n) is 5.40. The molecule has 3 aliphatic rings. The van der Waals surface area contributed by atoms with Crippen LogP contribution in [0.3, 0.4) is 0 Å². The van der Waals surface area contributed by atoms with Crippen LogP contribution < -0.4 is 0 Å². The van der Waals surface area contributed by atoms with Crippen molar-refractivity contribution in [2.75, 3.05) is 0 Å². The van der Waals surface area contributed by atoms with Gasteiger partial charge in [-0.3, -0.25) is 0 Å². The van der Waals surface area contributed by atoms with Crippen LogP contribution in [0.5, 0.6) is 0 Å². The van der Waals surface area contributed by atoms with Gasteiger partial charge >= 0.3 is 0 Å². The van der Waals surface area contributed by atoms with Crippen molar-refractivity contribution >= 4 is 6.08 Å². The van der Waals surface area contributed by atoms with E-state index in [-0.39, 0.29) is 6.10 Å². The van der Waals surface area contributed by atoms with Crippen molar-refractivity contribution in [3.8, 4) is 0 Å². The topological polar surface area (TPSA) is 12.5 Å². The standard InChI is InChI=1S/C18H21FO/c1-2-12-3-5-13(6-4-12)14-7-9-16-15(11-14)8-10-17-18(16,19)20-17/h7-13,17H,2-6H2,1H3. The first-order valence-corrected chi connectivity index (χ1v) is 7.90. The van der Waals surface area contributed by atoms with E-state index in [1.165, 1.54) is 37.7 Å². The first-order chi connectivity index (χ1) is 9.70. The van der Waals surface area contributed by atoms with Crippen LogP contribution in [0.4, 0.5) is 4.39 Å². The molecule has 4 rings (SSSR count). The maximum atomic E-state index is 14.3. The summed E-state index contributed by atoms with van der Waals surface area (Å²) in [7, 11) is 0. The Hall–Kier alpha value is -1.15. The summed E-state index contributed by atoms with van der Waals surface area (Å²) in [6, 6.07) is 6.25. The summed E-state index contributed by atoms with van der Waals surface area (Å²) in [4.78, 5) is 0. The van der Waals surface area contributed by atoms with E-state index in [4.69, 9.17) is 4.74 Å². The van der Waals surface area contributed by atoms with Crippen LogP contribution >= 0.6 is 0 Å². The van der Waals surface area contributed by atoms with Crippen LogP contribution in [-0.4, -0.2) is 6.10 Å². The number of benzene rings is 1. The van der Waals surface area contributed by atoms with E-state index in [0.29, 0.717) is 5.92 Å². The number of hydrogen-bond donors (Lipinski definition) is 0. The molecule has 20 heavy (non-hydrogen) atoms. The Labute approximate surface area is 119 Å². The molecule has 1 saturated carbocycles. The molecule has 2 unspecified atom stereocenters. The van der Waals surface area contributed by atoms with Crippen molar-refractivity contribution < 1.29 is 9.13 Å². The average Bonchev–Trinajstić information content (AvgIpc) is 3.19. The number of fused-ring (bicyclic) bond motifs is 3. The molecule has 0 N–H and O–H groups in total. The van der Waals surface area contributed by atoms with Gasteiger partial charge in [-0.05, 0) is 54.7 Å². The Bertz CT molecular complexity index is 557. The van der Waals surface area contributed by atoms with Crippen LogP contribution in [0.2, 0.25) is 0 Å². The van der Waals surface area contributed by atoms with Gasteiger partial charge in [-0.2, -0.15) is 0 Å². The summed E-state index contributed by atoms with van der Waals surface area (Å²) < 4.78 is 19.5.